The van der Waals surface area contributed by atoms with E-state index in [2.05, 4.69) is 10.3 Å². The lowest BCUT2D eigenvalue weighted by atomic mass is 10.3. The molecule has 2 N–H and O–H groups in total. The van der Waals surface area contributed by atoms with Gasteiger partial charge < -0.3 is 24.5 Å². The van der Waals surface area contributed by atoms with E-state index in [1.54, 1.807) is 6.92 Å². The van der Waals surface area contributed by atoms with Crippen molar-refractivity contribution in [1.29, 1.82) is 0 Å². The molecule has 6 nitrogen and oxygen atoms in total. The van der Waals surface area contributed by atoms with Crippen LogP contribution >= 0.6 is 0 Å². The molecule has 2 aromatic carbocycles. The first-order chi connectivity index (χ1) is 13.3. The largest absolute Gasteiger partial charge is 0.492 e. The molecular weight excluding hydrogens is 344 g/mol. The minimum absolute atomic E-state index is 0.357. The summed E-state index contributed by atoms with van der Waals surface area (Å²) in [6.45, 7) is 2.88. The predicted molar refractivity (Wildman–Crippen MR) is 104 cm³/mol. The van der Waals surface area contributed by atoms with Crippen LogP contribution in [-0.2, 0) is 4.74 Å². The van der Waals surface area contributed by atoms with Gasteiger partial charge in [0.1, 0.15) is 23.9 Å². The maximum absolute atomic E-state index is 11.1. The Balaban J connectivity index is 0.000000451. The number of aromatic nitrogens is 1. The van der Waals surface area contributed by atoms with Gasteiger partial charge in [0.05, 0.1) is 13.2 Å². The van der Waals surface area contributed by atoms with E-state index < -0.39 is 6.09 Å². The minimum atomic E-state index is -0.433. The second kappa shape index (κ2) is 12.0. The summed E-state index contributed by atoms with van der Waals surface area (Å²) in [5.74, 6) is 2.24. The first kappa shape index (κ1) is 19.9. The summed E-state index contributed by atoms with van der Waals surface area (Å²) in [6.07, 6.45) is 3.32. The van der Waals surface area contributed by atoms with Crippen molar-refractivity contribution in [1.82, 2.24) is 10.3 Å². The molecule has 1 amide bonds. The molecule has 3 aromatic rings. The summed E-state index contributed by atoms with van der Waals surface area (Å²) in [7, 11) is 0. The van der Waals surface area contributed by atoms with Crippen molar-refractivity contribution < 1.29 is 19.0 Å². The molecule has 0 saturated heterocycles. The third kappa shape index (κ3) is 8.49. The molecule has 1 heterocycles. The average Bonchev–Trinajstić information content (AvgIpc) is 3.28. The number of carbonyl (C=O) groups excluding carboxylic acids is 1. The van der Waals surface area contributed by atoms with E-state index in [0.717, 1.165) is 11.5 Å². The lowest BCUT2D eigenvalue weighted by molar-refractivity contribution is 0.150. The van der Waals surface area contributed by atoms with Gasteiger partial charge in [-0.05, 0) is 55.5 Å². The predicted octanol–water partition coefficient (Wildman–Crippen LogP) is 4.62. The van der Waals surface area contributed by atoms with Crippen molar-refractivity contribution in [3.8, 4) is 17.2 Å². The highest BCUT2D eigenvalue weighted by Crippen LogP contribution is 2.23. The quantitative estimate of drug-likeness (QED) is 0.597. The van der Waals surface area contributed by atoms with E-state index in [-0.39, 0.29) is 0 Å². The minimum Gasteiger partial charge on any atom is -0.492 e. The summed E-state index contributed by atoms with van der Waals surface area (Å²) in [5.41, 5.74) is 0. The van der Waals surface area contributed by atoms with Crippen LogP contribution in [0.1, 0.15) is 6.92 Å². The maximum atomic E-state index is 11.1. The second-order valence-electron chi connectivity index (χ2n) is 5.27. The van der Waals surface area contributed by atoms with Crippen LogP contribution in [0.4, 0.5) is 4.79 Å². The fourth-order valence-electron chi connectivity index (χ4n) is 2.01. The Labute approximate surface area is 159 Å². The van der Waals surface area contributed by atoms with Crippen LogP contribution in [0.2, 0.25) is 0 Å². The van der Waals surface area contributed by atoms with Crippen LogP contribution in [0.15, 0.2) is 79.1 Å². The number of alkyl carbamates (subject to hydrolysis) is 1. The smallest absolute Gasteiger partial charge is 0.407 e. The van der Waals surface area contributed by atoms with Crippen molar-refractivity contribution in [3.63, 3.8) is 0 Å². The monoisotopic (exact) mass is 368 g/mol. The van der Waals surface area contributed by atoms with Crippen LogP contribution in [0, 0.1) is 0 Å². The summed E-state index contributed by atoms with van der Waals surface area (Å²) in [5, 5.41) is 2.59. The highest BCUT2D eigenvalue weighted by atomic mass is 16.5. The number of ether oxygens (including phenoxy) is 3. The van der Waals surface area contributed by atoms with Gasteiger partial charge in [-0.15, -0.1) is 0 Å². The maximum Gasteiger partial charge on any atom is 0.407 e. The zero-order valence-electron chi connectivity index (χ0n) is 15.3. The molecular formula is C21H24N2O4. The third-order valence-corrected chi connectivity index (χ3v) is 3.21. The standard InChI is InChI=1S/C17H19NO4.C4H5N/c1-2-20-17(19)18-12-13-21-14-8-10-16(11-9-14)22-15-6-4-3-5-7-15;1-2-4-5-3-1/h3-11H,2,12-13H2,1H3,(H,18,19);1-5H. The number of hydrogen-bond donors (Lipinski definition) is 2. The second-order valence-corrected chi connectivity index (χ2v) is 5.27. The molecule has 3 rings (SSSR count). The number of carbonyl (C=O) groups is 1. The van der Waals surface area contributed by atoms with Gasteiger partial charge >= 0.3 is 6.09 Å². The van der Waals surface area contributed by atoms with Gasteiger partial charge in [-0.25, -0.2) is 4.79 Å². The van der Waals surface area contributed by atoms with E-state index in [0.29, 0.717) is 25.5 Å². The number of nitrogens with one attached hydrogen (secondary N) is 2. The van der Waals surface area contributed by atoms with Crippen LogP contribution in [-0.4, -0.2) is 30.8 Å². The van der Waals surface area contributed by atoms with Crippen molar-refractivity contribution in [2.45, 2.75) is 6.92 Å². The molecule has 0 aliphatic carbocycles. The fourth-order valence-corrected chi connectivity index (χ4v) is 2.01. The van der Waals surface area contributed by atoms with Crippen molar-refractivity contribution >= 4 is 6.09 Å². The van der Waals surface area contributed by atoms with Gasteiger partial charge in [0.15, 0.2) is 0 Å². The molecule has 0 spiro atoms. The Morgan fingerprint density at radius 1 is 0.889 bits per heavy atom. The number of aromatic amines is 1. The Bertz CT molecular complexity index is 726. The van der Waals surface area contributed by atoms with E-state index >= 15 is 0 Å². The zero-order chi connectivity index (χ0) is 19.2. The molecule has 0 fully saturated rings. The average molecular weight is 368 g/mol. The van der Waals surface area contributed by atoms with E-state index in [4.69, 9.17) is 14.2 Å². The molecule has 0 aliphatic heterocycles. The van der Waals surface area contributed by atoms with Gasteiger partial charge in [-0.1, -0.05) is 18.2 Å². The Hall–Kier alpha value is -3.41. The van der Waals surface area contributed by atoms with Crippen LogP contribution < -0.4 is 14.8 Å². The molecule has 0 bridgehead atoms. The summed E-state index contributed by atoms with van der Waals surface area (Å²) >= 11 is 0. The summed E-state index contributed by atoms with van der Waals surface area (Å²) < 4.78 is 15.9. The number of H-pyrrole nitrogens is 1. The first-order valence-corrected chi connectivity index (χ1v) is 8.72. The van der Waals surface area contributed by atoms with Crippen molar-refractivity contribution in [3.05, 3.63) is 79.1 Å². The fraction of sp³-hybridized carbons (Fsp3) is 0.190. The molecule has 6 heteroatoms. The van der Waals surface area contributed by atoms with Crippen LogP contribution in [0.3, 0.4) is 0 Å². The van der Waals surface area contributed by atoms with E-state index in [1.165, 1.54) is 0 Å². The van der Waals surface area contributed by atoms with Gasteiger partial charge in [-0.3, -0.25) is 0 Å². The third-order valence-electron chi connectivity index (χ3n) is 3.21. The number of para-hydroxylation sites is 1. The first-order valence-electron chi connectivity index (χ1n) is 8.72. The van der Waals surface area contributed by atoms with Crippen molar-refractivity contribution in [2.24, 2.45) is 0 Å². The Morgan fingerprint density at radius 2 is 1.52 bits per heavy atom. The highest BCUT2D eigenvalue weighted by Gasteiger charge is 2.00. The zero-order valence-corrected chi connectivity index (χ0v) is 15.3. The summed E-state index contributed by atoms with van der Waals surface area (Å²) in [6, 6.07) is 20.8. The molecule has 27 heavy (non-hydrogen) atoms. The van der Waals surface area contributed by atoms with Gasteiger partial charge in [0.25, 0.3) is 0 Å². The number of hydrogen-bond acceptors (Lipinski definition) is 4. The van der Waals surface area contributed by atoms with Gasteiger partial charge in [-0.2, -0.15) is 0 Å². The molecule has 0 unspecified atom stereocenters. The van der Waals surface area contributed by atoms with Crippen LogP contribution in [0.25, 0.3) is 0 Å². The normalized spacial score (nSPS) is 9.52. The number of rotatable bonds is 7. The van der Waals surface area contributed by atoms with Crippen LogP contribution in [0.5, 0.6) is 17.2 Å². The molecule has 1 aromatic heterocycles. The lowest BCUT2D eigenvalue weighted by Crippen LogP contribution is -2.28. The van der Waals surface area contributed by atoms with Gasteiger partial charge in [0.2, 0.25) is 0 Å². The highest BCUT2D eigenvalue weighted by molar-refractivity contribution is 5.66. The number of benzene rings is 2. The molecule has 0 radical (unpaired) electrons. The summed E-state index contributed by atoms with van der Waals surface area (Å²) in [4.78, 5) is 13.9. The molecule has 0 saturated carbocycles. The topological polar surface area (TPSA) is 72.6 Å². The molecule has 142 valence electrons. The Morgan fingerprint density at radius 3 is 2.11 bits per heavy atom. The van der Waals surface area contributed by atoms with Crippen molar-refractivity contribution in [2.75, 3.05) is 19.8 Å². The molecule has 0 aliphatic rings. The Kier molecular flexibility index (Phi) is 8.87. The molecule has 0 atom stereocenters. The van der Waals surface area contributed by atoms with Gasteiger partial charge in [0, 0.05) is 12.4 Å². The SMILES string of the molecule is CCOC(=O)NCCOc1ccc(Oc2ccccc2)cc1.c1cc[nH]c1. The number of amides is 1. The van der Waals surface area contributed by atoms with E-state index in [9.17, 15) is 4.79 Å². The lowest BCUT2D eigenvalue weighted by Gasteiger charge is -2.09. The van der Waals surface area contributed by atoms with E-state index in [1.807, 2.05) is 79.1 Å².